The molecular weight excluding hydrogens is 178 g/mol. The van der Waals surface area contributed by atoms with Crippen LogP contribution in [0.3, 0.4) is 0 Å². The van der Waals surface area contributed by atoms with Crippen LogP contribution in [0, 0.1) is 17.0 Å². The van der Waals surface area contributed by atoms with Crippen LogP contribution in [0.2, 0.25) is 0 Å². The first-order valence-electron chi connectivity index (χ1n) is 3.30. The van der Waals surface area contributed by atoms with Crippen molar-refractivity contribution in [2.75, 3.05) is 0 Å². The van der Waals surface area contributed by atoms with Gasteiger partial charge in [0.05, 0.1) is 4.92 Å². The minimum Gasteiger partial charge on any atom is -0.258 e. The molecule has 1 aromatic rings. The Balaban J connectivity index is 3.17. The lowest BCUT2D eigenvalue weighted by Crippen LogP contribution is -1.92. The van der Waals surface area contributed by atoms with Crippen LogP contribution in [0.15, 0.2) is 18.2 Å². The van der Waals surface area contributed by atoms with Gasteiger partial charge in [0, 0.05) is 17.5 Å². The molecule has 0 aromatic heterocycles. The standard InChI is InChI=1S/C8H7ClNO2/c1-6-2-3-7(5-9)4-8(6)10(11)12/h2-4H,1,5H2. The summed E-state index contributed by atoms with van der Waals surface area (Å²) in [4.78, 5) is 9.95. The second kappa shape index (κ2) is 3.54. The molecule has 0 aliphatic heterocycles. The van der Waals surface area contributed by atoms with E-state index in [2.05, 4.69) is 6.92 Å². The zero-order chi connectivity index (χ0) is 9.14. The van der Waals surface area contributed by atoms with Gasteiger partial charge in [-0.15, -0.1) is 11.6 Å². The van der Waals surface area contributed by atoms with E-state index in [9.17, 15) is 10.1 Å². The highest BCUT2D eigenvalue weighted by Crippen LogP contribution is 2.19. The molecule has 0 spiro atoms. The maximum Gasteiger partial charge on any atom is 0.272 e. The fourth-order valence-corrected chi connectivity index (χ4v) is 1.03. The number of benzene rings is 1. The van der Waals surface area contributed by atoms with Crippen molar-refractivity contribution in [3.05, 3.63) is 46.4 Å². The lowest BCUT2D eigenvalue weighted by atomic mass is 10.1. The van der Waals surface area contributed by atoms with Crippen LogP contribution in [-0.4, -0.2) is 4.92 Å². The topological polar surface area (TPSA) is 43.1 Å². The summed E-state index contributed by atoms with van der Waals surface area (Å²) in [5.41, 5.74) is 1.16. The van der Waals surface area contributed by atoms with Crippen molar-refractivity contribution in [1.29, 1.82) is 0 Å². The average molecular weight is 185 g/mol. The number of nitrogens with zero attached hydrogens (tertiary/aromatic N) is 1. The summed E-state index contributed by atoms with van der Waals surface area (Å²) in [5, 5.41) is 10.4. The van der Waals surface area contributed by atoms with Crippen LogP contribution in [0.4, 0.5) is 5.69 Å². The molecule has 1 radical (unpaired) electrons. The van der Waals surface area contributed by atoms with Crippen molar-refractivity contribution in [3.8, 4) is 0 Å². The molecule has 0 saturated carbocycles. The molecule has 0 aliphatic rings. The molecule has 1 aromatic carbocycles. The summed E-state index contributed by atoms with van der Waals surface area (Å²) in [6.45, 7) is 3.53. The molecular formula is C8H7ClNO2. The molecule has 12 heavy (non-hydrogen) atoms. The SMILES string of the molecule is [CH2]c1ccc(CCl)cc1[N+](=O)[O-]. The molecule has 0 unspecified atom stereocenters. The lowest BCUT2D eigenvalue weighted by molar-refractivity contribution is -0.385. The fourth-order valence-electron chi connectivity index (χ4n) is 0.863. The number of hydrogen-bond acceptors (Lipinski definition) is 2. The van der Waals surface area contributed by atoms with E-state index in [4.69, 9.17) is 11.6 Å². The van der Waals surface area contributed by atoms with Gasteiger partial charge in [0.1, 0.15) is 0 Å². The summed E-state index contributed by atoms with van der Waals surface area (Å²) >= 11 is 5.51. The number of halogens is 1. The van der Waals surface area contributed by atoms with E-state index in [1.807, 2.05) is 0 Å². The Morgan fingerprint density at radius 2 is 2.25 bits per heavy atom. The predicted molar refractivity (Wildman–Crippen MR) is 47.1 cm³/mol. The number of alkyl halides is 1. The van der Waals surface area contributed by atoms with Crippen molar-refractivity contribution < 1.29 is 4.92 Å². The molecule has 0 fully saturated rings. The summed E-state index contributed by atoms with van der Waals surface area (Å²) in [6.07, 6.45) is 0. The smallest absolute Gasteiger partial charge is 0.258 e. The zero-order valence-corrected chi connectivity index (χ0v) is 7.04. The summed E-state index contributed by atoms with van der Waals surface area (Å²) in [5.74, 6) is 0.279. The predicted octanol–water partition coefficient (Wildman–Crippen LogP) is 2.52. The van der Waals surface area contributed by atoms with Gasteiger partial charge in [0.15, 0.2) is 0 Å². The van der Waals surface area contributed by atoms with E-state index in [1.54, 1.807) is 12.1 Å². The molecule has 3 nitrogen and oxygen atoms in total. The molecule has 0 heterocycles. The van der Waals surface area contributed by atoms with Crippen LogP contribution in [0.5, 0.6) is 0 Å². The highest BCUT2D eigenvalue weighted by atomic mass is 35.5. The first kappa shape index (κ1) is 9.00. The number of nitro groups is 1. The Hall–Kier alpha value is -1.09. The fraction of sp³-hybridized carbons (Fsp3) is 0.125. The highest BCUT2D eigenvalue weighted by molar-refractivity contribution is 6.17. The Bertz CT molecular complexity index is 312. The first-order valence-corrected chi connectivity index (χ1v) is 3.84. The van der Waals surface area contributed by atoms with Gasteiger partial charge in [0.2, 0.25) is 0 Å². The maximum absolute atomic E-state index is 10.4. The van der Waals surface area contributed by atoms with Gasteiger partial charge in [-0.05, 0) is 12.5 Å². The number of hydrogen-bond donors (Lipinski definition) is 0. The van der Waals surface area contributed by atoms with E-state index in [1.165, 1.54) is 6.07 Å². The van der Waals surface area contributed by atoms with Crippen LogP contribution in [0.25, 0.3) is 0 Å². The van der Waals surface area contributed by atoms with Crippen molar-refractivity contribution in [3.63, 3.8) is 0 Å². The van der Waals surface area contributed by atoms with E-state index >= 15 is 0 Å². The molecule has 0 N–H and O–H groups in total. The Kier molecular flexibility index (Phi) is 2.65. The molecule has 63 valence electrons. The van der Waals surface area contributed by atoms with Crippen LogP contribution in [0.1, 0.15) is 11.1 Å². The molecule has 0 amide bonds. The van der Waals surface area contributed by atoms with Crippen LogP contribution < -0.4 is 0 Å². The molecule has 0 atom stereocenters. The monoisotopic (exact) mass is 184 g/mol. The molecule has 0 aliphatic carbocycles. The average Bonchev–Trinajstić information content (AvgIpc) is 2.05. The third-order valence-corrected chi connectivity index (χ3v) is 1.81. The second-order valence-corrected chi connectivity index (χ2v) is 2.62. The van der Waals surface area contributed by atoms with Gasteiger partial charge in [-0.1, -0.05) is 12.1 Å². The van der Waals surface area contributed by atoms with Crippen molar-refractivity contribution in [2.45, 2.75) is 5.88 Å². The first-order chi connectivity index (χ1) is 5.65. The largest absolute Gasteiger partial charge is 0.272 e. The highest BCUT2D eigenvalue weighted by Gasteiger charge is 2.09. The van der Waals surface area contributed by atoms with E-state index in [0.717, 1.165) is 5.56 Å². The van der Waals surface area contributed by atoms with Gasteiger partial charge in [0.25, 0.3) is 5.69 Å². The van der Waals surface area contributed by atoms with Crippen molar-refractivity contribution in [2.24, 2.45) is 0 Å². The van der Waals surface area contributed by atoms with Crippen molar-refractivity contribution in [1.82, 2.24) is 0 Å². The Morgan fingerprint density at radius 1 is 1.58 bits per heavy atom. The van der Waals surface area contributed by atoms with Gasteiger partial charge < -0.3 is 0 Å². The van der Waals surface area contributed by atoms with Crippen molar-refractivity contribution >= 4 is 17.3 Å². The third-order valence-electron chi connectivity index (χ3n) is 1.50. The minimum absolute atomic E-state index is 0.0214. The number of rotatable bonds is 2. The van der Waals surface area contributed by atoms with Gasteiger partial charge >= 0.3 is 0 Å². The zero-order valence-electron chi connectivity index (χ0n) is 6.29. The summed E-state index contributed by atoms with van der Waals surface area (Å²) in [6, 6.07) is 4.76. The molecule has 0 saturated heterocycles. The number of nitro benzene ring substituents is 1. The molecule has 1 rings (SSSR count). The summed E-state index contributed by atoms with van der Waals surface area (Å²) in [7, 11) is 0. The maximum atomic E-state index is 10.4. The third kappa shape index (κ3) is 1.74. The summed E-state index contributed by atoms with van der Waals surface area (Å²) < 4.78 is 0. The van der Waals surface area contributed by atoms with E-state index in [-0.39, 0.29) is 11.6 Å². The van der Waals surface area contributed by atoms with Gasteiger partial charge in [-0.25, -0.2) is 0 Å². The van der Waals surface area contributed by atoms with Gasteiger partial charge in [-0.2, -0.15) is 0 Å². The quantitative estimate of drug-likeness (QED) is 0.403. The Labute approximate surface area is 75.1 Å². The molecule has 0 bridgehead atoms. The van der Waals surface area contributed by atoms with E-state index in [0.29, 0.717) is 5.56 Å². The Morgan fingerprint density at radius 3 is 2.75 bits per heavy atom. The van der Waals surface area contributed by atoms with Gasteiger partial charge in [-0.3, -0.25) is 10.1 Å². The van der Waals surface area contributed by atoms with E-state index < -0.39 is 4.92 Å². The molecule has 4 heteroatoms. The van der Waals surface area contributed by atoms with Crippen LogP contribution in [-0.2, 0) is 5.88 Å². The minimum atomic E-state index is -0.460. The normalized spacial score (nSPS) is 9.83. The second-order valence-electron chi connectivity index (χ2n) is 2.35. The lowest BCUT2D eigenvalue weighted by Gasteiger charge is -1.98. The van der Waals surface area contributed by atoms with Crippen LogP contribution >= 0.6 is 11.6 Å².